The maximum atomic E-state index is 11.8. The summed E-state index contributed by atoms with van der Waals surface area (Å²) in [5, 5.41) is 9.67. The molecule has 0 aliphatic carbocycles. The molecule has 15 heavy (non-hydrogen) atoms. The molecule has 0 radical (unpaired) electrons. The van der Waals surface area contributed by atoms with Gasteiger partial charge >= 0.3 is 0 Å². The molecule has 0 bridgehead atoms. The third-order valence-corrected chi connectivity index (χ3v) is 2.80. The lowest BCUT2D eigenvalue weighted by molar-refractivity contribution is -0.125. The molecule has 0 fully saturated rings. The predicted octanol–water partition coefficient (Wildman–Crippen LogP) is 2.63. The highest BCUT2D eigenvalue weighted by Crippen LogP contribution is 2.22. The van der Waals surface area contributed by atoms with Gasteiger partial charge in [0.25, 0.3) is 5.91 Å². The van der Waals surface area contributed by atoms with Crippen molar-refractivity contribution in [2.75, 3.05) is 13.1 Å². The summed E-state index contributed by atoms with van der Waals surface area (Å²) >= 11 is 0. The Morgan fingerprint density at radius 2 is 1.93 bits per heavy atom. The number of hydrogen-bond acceptors (Lipinski definition) is 2. The van der Waals surface area contributed by atoms with Crippen molar-refractivity contribution in [2.45, 2.75) is 46.0 Å². The van der Waals surface area contributed by atoms with Crippen molar-refractivity contribution in [3.63, 3.8) is 0 Å². The molecule has 1 aliphatic heterocycles. The lowest BCUT2D eigenvalue weighted by atomic mass is 10.1. The van der Waals surface area contributed by atoms with E-state index in [0.717, 1.165) is 38.6 Å². The molecule has 1 amide bonds. The molecule has 0 unspecified atom stereocenters. The Bertz CT molecular complexity index is 258. The molecule has 1 heterocycles. The zero-order valence-corrected chi connectivity index (χ0v) is 9.75. The molecule has 0 atom stereocenters. The van der Waals surface area contributed by atoms with Gasteiger partial charge in [0.15, 0.2) is 0 Å². The van der Waals surface area contributed by atoms with Crippen LogP contribution in [-0.2, 0) is 4.79 Å². The molecule has 86 valence electrons. The maximum Gasteiger partial charge on any atom is 0.253 e. The molecule has 0 spiro atoms. The van der Waals surface area contributed by atoms with Crippen molar-refractivity contribution in [1.82, 2.24) is 4.90 Å². The van der Waals surface area contributed by atoms with Crippen LogP contribution in [0.5, 0.6) is 0 Å². The second-order valence-electron chi connectivity index (χ2n) is 4.11. The zero-order valence-electron chi connectivity index (χ0n) is 9.75. The SMILES string of the molecule is CCCCC1=C(O)CN(CCCC)C1=O. The molecule has 1 aliphatic rings. The second-order valence-corrected chi connectivity index (χ2v) is 4.11. The fraction of sp³-hybridized carbons (Fsp3) is 0.750. The van der Waals surface area contributed by atoms with E-state index in [9.17, 15) is 9.90 Å². The summed E-state index contributed by atoms with van der Waals surface area (Å²) in [6.45, 7) is 5.39. The van der Waals surface area contributed by atoms with Crippen LogP contribution in [0.4, 0.5) is 0 Å². The van der Waals surface area contributed by atoms with Crippen molar-refractivity contribution in [3.8, 4) is 0 Å². The van der Waals surface area contributed by atoms with E-state index in [1.807, 2.05) is 0 Å². The Labute approximate surface area is 91.8 Å². The minimum Gasteiger partial charge on any atom is -0.510 e. The predicted molar refractivity (Wildman–Crippen MR) is 60.7 cm³/mol. The zero-order chi connectivity index (χ0) is 11.3. The average molecular weight is 211 g/mol. The first-order valence-corrected chi connectivity index (χ1v) is 5.91. The minimum absolute atomic E-state index is 0.0504. The van der Waals surface area contributed by atoms with Crippen LogP contribution in [0.1, 0.15) is 46.0 Å². The van der Waals surface area contributed by atoms with Gasteiger partial charge < -0.3 is 10.0 Å². The van der Waals surface area contributed by atoms with E-state index in [1.165, 1.54) is 0 Å². The van der Waals surface area contributed by atoms with E-state index in [4.69, 9.17) is 0 Å². The highest BCUT2D eigenvalue weighted by Gasteiger charge is 2.28. The number of hydrogen-bond donors (Lipinski definition) is 1. The summed E-state index contributed by atoms with van der Waals surface area (Å²) in [6, 6.07) is 0. The molecule has 0 saturated heterocycles. The van der Waals surface area contributed by atoms with Crippen LogP contribution in [0.25, 0.3) is 0 Å². The van der Waals surface area contributed by atoms with Gasteiger partial charge in [-0.3, -0.25) is 4.79 Å². The average Bonchev–Trinajstić information content (AvgIpc) is 2.49. The topological polar surface area (TPSA) is 40.5 Å². The van der Waals surface area contributed by atoms with Gasteiger partial charge in [-0.15, -0.1) is 0 Å². The number of aliphatic hydroxyl groups is 1. The molecule has 0 aromatic carbocycles. The molecular weight excluding hydrogens is 190 g/mol. The summed E-state index contributed by atoms with van der Waals surface area (Å²) in [5.41, 5.74) is 0.646. The number of aliphatic hydroxyl groups excluding tert-OH is 1. The largest absolute Gasteiger partial charge is 0.510 e. The van der Waals surface area contributed by atoms with Gasteiger partial charge in [-0.2, -0.15) is 0 Å². The van der Waals surface area contributed by atoms with Crippen LogP contribution < -0.4 is 0 Å². The van der Waals surface area contributed by atoms with Crippen molar-refractivity contribution < 1.29 is 9.90 Å². The molecule has 1 N–H and O–H groups in total. The first-order valence-electron chi connectivity index (χ1n) is 5.91. The van der Waals surface area contributed by atoms with E-state index in [0.29, 0.717) is 17.9 Å². The maximum absolute atomic E-state index is 11.8. The van der Waals surface area contributed by atoms with Crippen LogP contribution in [0.15, 0.2) is 11.3 Å². The van der Waals surface area contributed by atoms with E-state index in [1.54, 1.807) is 4.90 Å². The fourth-order valence-corrected chi connectivity index (χ4v) is 1.80. The van der Waals surface area contributed by atoms with Crippen LogP contribution in [0.3, 0.4) is 0 Å². The minimum atomic E-state index is 0.0504. The standard InChI is InChI=1S/C12H21NO2/c1-3-5-7-10-11(14)9-13(12(10)15)8-6-4-2/h14H,3-9H2,1-2H3. The molecule has 0 saturated carbocycles. The monoisotopic (exact) mass is 211 g/mol. The quantitative estimate of drug-likeness (QED) is 0.733. The van der Waals surface area contributed by atoms with Gasteiger partial charge in [-0.25, -0.2) is 0 Å². The third kappa shape index (κ3) is 2.98. The van der Waals surface area contributed by atoms with Crippen molar-refractivity contribution in [3.05, 3.63) is 11.3 Å². The Kier molecular flexibility index (Phi) is 4.66. The van der Waals surface area contributed by atoms with Gasteiger partial charge in [0.1, 0.15) is 5.76 Å². The smallest absolute Gasteiger partial charge is 0.253 e. The van der Waals surface area contributed by atoms with Gasteiger partial charge in [0.05, 0.1) is 12.1 Å². The van der Waals surface area contributed by atoms with Crippen LogP contribution in [-0.4, -0.2) is 29.0 Å². The summed E-state index contributed by atoms with van der Waals surface area (Å²) in [4.78, 5) is 13.6. The molecule has 0 aromatic rings. The van der Waals surface area contributed by atoms with Crippen LogP contribution >= 0.6 is 0 Å². The van der Waals surface area contributed by atoms with Gasteiger partial charge in [0.2, 0.25) is 0 Å². The number of rotatable bonds is 6. The lowest BCUT2D eigenvalue weighted by Gasteiger charge is -2.15. The Morgan fingerprint density at radius 3 is 2.53 bits per heavy atom. The Morgan fingerprint density at radius 1 is 1.27 bits per heavy atom. The molecular formula is C12H21NO2. The van der Waals surface area contributed by atoms with Crippen molar-refractivity contribution >= 4 is 5.91 Å². The lowest BCUT2D eigenvalue weighted by Crippen LogP contribution is -2.28. The Hall–Kier alpha value is -0.990. The molecule has 0 aromatic heterocycles. The fourth-order valence-electron chi connectivity index (χ4n) is 1.80. The highest BCUT2D eigenvalue weighted by atomic mass is 16.3. The summed E-state index contributed by atoms with van der Waals surface area (Å²) < 4.78 is 0. The Balaban J connectivity index is 2.50. The van der Waals surface area contributed by atoms with Crippen molar-refractivity contribution in [2.24, 2.45) is 0 Å². The summed E-state index contributed by atoms with van der Waals surface area (Å²) in [7, 11) is 0. The summed E-state index contributed by atoms with van der Waals surface area (Å²) in [5.74, 6) is 0.346. The highest BCUT2D eigenvalue weighted by molar-refractivity contribution is 5.96. The first kappa shape index (κ1) is 12.1. The van der Waals surface area contributed by atoms with E-state index in [2.05, 4.69) is 13.8 Å². The molecule has 3 nitrogen and oxygen atoms in total. The van der Waals surface area contributed by atoms with Crippen molar-refractivity contribution in [1.29, 1.82) is 0 Å². The number of nitrogens with zero attached hydrogens (tertiary/aromatic N) is 1. The van der Waals surface area contributed by atoms with Gasteiger partial charge in [-0.1, -0.05) is 26.7 Å². The normalized spacial score (nSPS) is 16.7. The van der Waals surface area contributed by atoms with E-state index >= 15 is 0 Å². The number of carbonyl (C=O) groups is 1. The molecule has 3 heteroatoms. The van der Waals surface area contributed by atoms with Gasteiger partial charge in [0, 0.05) is 6.54 Å². The second kappa shape index (κ2) is 5.79. The van der Waals surface area contributed by atoms with E-state index in [-0.39, 0.29) is 5.91 Å². The third-order valence-electron chi connectivity index (χ3n) is 2.80. The van der Waals surface area contributed by atoms with Crippen LogP contribution in [0.2, 0.25) is 0 Å². The van der Waals surface area contributed by atoms with E-state index < -0.39 is 0 Å². The van der Waals surface area contributed by atoms with Gasteiger partial charge in [-0.05, 0) is 19.3 Å². The van der Waals surface area contributed by atoms with Crippen LogP contribution in [0, 0.1) is 0 Å². The number of carbonyl (C=O) groups excluding carboxylic acids is 1. The number of amides is 1. The molecule has 1 rings (SSSR count). The number of unbranched alkanes of at least 4 members (excludes halogenated alkanes) is 2. The first-order chi connectivity index (χ1) is 7.20. The summed E-state index contributed by atoms with van der Waals surface area (Å²) in [6.07, 6.45) is 4.85.